The minimum Gasteiger partial charge on any atom is -0.394 e. The highest BCUT2D eigenvalue weighted by Gasteiger charge is 2.36. The summed E-state index contributed by atoms with van der Waals surface area (Å²) < 4.78 is 5.53. The van der Waals surface area contributed by atoms with Crippen LogP contribution in [0.3, 0.4) is 0 Å². The molecule has 0 aliphatic carbocycles. The van der Waals surface area contributed by atoms with Gasteiger partial charge >= 0.3 is 6.03 Å². The zero-order chi connectivity index (χ0) is 18.7. The highest BCUT2D eigenvalue weighted by molar-refractivity contribution is 7.15. The number of nitrogens with zero attached hydrogens (tertiary/aromatic N) is 2. The number of carbonyl (C=O) groups is 1. The highest BCUT2D eigenvalue weighted by atomic mass is 32.1. The lowest BCUT2D eigenvalue weighted by atomic mass is 10.0. The van der Waals surface area contributed by atoms with Crippen molar-refractivity contribution in [1.82, 2.24) is 10.2 Å². The summed E-state index contributed by atoms with van der Waals surface area (Å²) in [6, 6.07) is 7.24. The number of nitrogens with one attached hydrogen (secondary N) is 2. The van der Waals surface area contributed by atoms with E-state index in [4.69, 9.17) is 9.84 Å². The molecule has 1 fully saturated rings. The predicted molar refractivity (Wildman–Crippen MR) is 98.4 cm³/mol. The van der Waals surface area contributed by atoms with Crippen LogP contribution in [-0.2, 0) is 4.74 Å². The average molecular weight is 378 g/mol. The molecule has 3 atom stereocenters. The first kappa shape index (κ1) is 18.7. The van der Waals surface area contributed by atoms with Crippen LogP contribution in [0, 0.1) is 0 Å². The third-order valence-electron chi connectivity index (χ3n) is 4.18. The molecule has 1 aliphatic heterocycles. The molecule has 2 heterocycles. The van der Waals surface area contributed by atoms with Gasteiger partial charge in [-0.25, -0.2) is 4.79 Å². The number of rotatable bonds is 5. The van der Waals surface area contributed by atoms with Crippen LogP contribution in [0.2, 0.25) is 0 Å². The summed E-state index contributed by atoms with van der Waals surface area (Å²) in [5, 5.41) is 33.1. The van der Waals surface area contributed by atoms with E-state index in [1.54, 1.807) is 0 Å². The van der Waals surface area contributed by atoms with E-state index in [2.05, 4.69) is 34.7 Å². The van der Waals surface area contributed by atoms with E-state index in [1.165, 1.54) is 16.9 Å². The molecule has 1 aromatic carbocycles. The van der Waals surface area contributed by atoms with Gasteiger partial charge in [-0.1, -0.05) is 37.3 Å². The molecule has 4 N–H and O–H groups in total. The third-order valence-corrected chi connectivity index (χ3v) is 5.11. The second kappa shape index (κ2) is 8.09. The Morgan fingerprint density at radius 1 is 1.31 bits per heavy atom. The van der Waals surface area contributed by atoms with Gasteiger partial charge in [-0.15, -0.1) is 10.2 Å². The Bertz CT molecular complexity index is 749. The zero-order valence-corrected chi connectivity index (χ0v) is 15.4. The summed E-state index contributed by atoms with van der Waals surface area (Å²) in [5.74, 6) is 0.430. The smallest absolute Gasteiger partial charge is 0.325 e. The number of urea groups is 1. The summed E-state index contributed by atoms with van der Waals surface area (Å²) in [6.07, 6.45) is -1.43. The van der Waals surface area contributed by atoms with Gasteiger partial charge in [-0.05, 0) is 23.6 Å². The van der Waals surface area contributed by atoms with Crippen molar-refractivity contribution in [3.8, 4) is 0 Å². The van der Waals surface area contributed by atoms with Gasteiger partial charge in [0, 0.05) is 12.1 Å². The largest absolute Gasteiger partial charge is 0.394 e. The van der Waals surface area contributed by atoms with Gasteiger partial charge in [0.1, 0.15) is 17.2 Å². The van der Waals surface area contributed by atoms with Crippen molar-refractivity contribution in [2.24, 2.45) is 0 Å². The molecule has 2 amide bonds. The second-order valence-corrected chi connectivity index (χ2v) is 7.46. The summed E-state index contributed by atoms with van der Waals surface area (Å²) in [7, 11) is 0. The Hall–Kier alpha value is -2.07. The third kappa shape index (κ3) is 4.36. The van der Waals surface area contributed by atoms with E-state index in [9.17, 15) is 9.90 Å². The second-order valence-electron chi connectivity index (χ2n) is 6.45. The molecular formula is C17H22N4O4S. The van der Waals surface area contributed by atoms with Gasteiger partial charge < -0.3 is 20.3 Å². The molecule has 0 unspecified atom stereocenters. The summed E-state index contributed by atoms with van der Waals surface area (Å²) in [4.78, 5) is 12.1. The maximum atomic E-state index is 12.1. The fourth-order valence-electron chi connectivity index (χ4n) is 2.68. The van der Waals surface area contributed by atoms with Gasteiger partial charge in [0.25, 0.3) is 0 Å². The fourth-order valence-corrected chi connectivity index (χ4v) is 3.47. The van der Waals surface area contributed by atoms with Crippen LogP contribution in [0.5, 0.6) is 0 Å². The Morgan fingerprint density at radius 3 is 2.65 bits per heavy atom. The number of amides is 2. The highest BCUT2D eigenvalue weighted by Crippen LogP contribution is 2.35. The monoisotopic (exact) mass is 378 g/mol. The first-order valence-corrected chi connectivity index (χ1v) is 9.23. The van der Waals surface area contributed by atoms with Crippen LogP contribution in [-0.4, -0.2) is 45.3 Å². The standard InChI is InChI=1S/C17H22N4O4S/c1-9(2)10-3-5-11(6-4-10)18-16(24)19-17-21-20-15(26-17)13-7-12(23)14(8-22)25-13/h3-6,9,12-14,22-23H,7-8H2,1-2H3,(H2,18,19,21,24)/t12-,13-,14+/m0/s1. The number of anilines is 2. The van der Waals surface area contributed by atoms with E-state index >= 15 is 0 Å². The number of hydrogen-bond donors (Lipinski definition) is 4. The van der Waals surface area contributed by atoms with Crippen molar-refractivity contribution in [2.45, 2.75) is 44.5 Å². The molecule has 26 heavy (non-hydrogen) atoms. The molecule has 0 saturated carbocycles. The van der Waals surface area contributed by atoms with Gasteiger partial charge in [-0.3, -0.25) is 5.32 Å². The van der Waals surface area contributed by atoms with E-state index in [1.807, 2.05) is 24.3 Å². The Labute approximate surface area is 155 Å². The van der Waals surface area contributed by atoms with Crippen LogP contribution >= 0.6 is 11.3 Å². The molecule has 8 nitrogen and oxygen atoms in total. The Kier molecular flexibility index (Phi) is 5.82. The van der Waals surface area contributed by atoms with Crippen LogP contribution in [0.25, 0.3) is 0 Å². The number of hydrogen-bond acceptors (Lipinski definition) is 7. The van der Waals surface area contributed by atoms with Gasteiger partial charge in [0.05, 0.1) is 12.7 Å². The first-order chi connectivity index (χ1) is 12.5. The van der Waals surface area contributed by atoms with Crippen molar-refractivity contribution in [3.63, 3.8) is 0 Å². The van der Waals surface area contributed by atoms with Crippen molar-refractivity contribution in [2.75, 3.05) is 17.2 Å². The summed E-state index contributed by atoms with van der Waals surface area (Å²) >= 11 is 1.18. The van der Waals surface area contributed by atoms with Crippen LogP contribution in [0.4, 0.5) is 15.6 Å². The summed E-state index contributed by atoms with van der Waals surface area (Å²) in [6.45, 7) is 3.97. The van der Waals surface area contributed by atoms with E-state index in [0.717, 1.165) is 0 Å². The van der Waals surface area contributed by atoms with Gasteiger partial charge in [0.2, 0.25) is 5.13 Å². The number of benzene rings is 1. The van der Waals surface area contributed by atoms with E-state index in [0.29, 0.717) is 28.2 Å². The molecule has 3 rings (SSSR count). The molecule has 2 aromatic rings. The van der Waals surface area contributed by atoms with Crippen molar-refractivity contribution < 1.29 is 19.7 Å². The molecule has 0 spiro atoms. The molecule has 9 heteroatoms. The fraction of sp³-hybridized carbons (Fsp3) is 0.471. The number of carbonyl (C=O) groups excluding carboxylic acids is 1. The zero-order valence-electron chi connectivity index (χ0n) is 14.5. The first-order valence-electron chi connectivity index (χ1n) is 8.42. The molecule has 0 radical (unpaired) electrons. The van der Waals surface area contributed by atoms with E-state index < -0.39 is 24.3 Å². The van der Waals surface area contributed by atoms with Gasteiger partial charge in [0.15, 0.2) is 0 Å². The quantitative estimate of drug-likeness (QED) is 0.635. The maximum absolute atomic E-state index is 12.1. The maximum Gasteiger partial charge on any atom is 0.325 e. The van der Waals surface area contributed by atoms with Crippen molar-refractivity contribution in [3.05, 3.63) is 34.8 Å². The SMILES string of the molecule is CC(C)c1ccc(NC(=O)Nc2nnc([C@@H]3C[C@H](O)[C@@H](CO)O3)s2)cc1. The molecular weight excluding hydrogens is 356 g/mol. The minimum absolute atomic E-state index is 0.250. The summed E-state index contributed by atoms with van der Waals surface area (Å²) in [5.41, 5.74) is 1.88. The van der Waals surface area contributed by atoms with Gasteiger partial charge in [-0.2, -0.15) is 0 Å². The Balaban J connectivity index is 1.56. The van der Waals surface area contributed by atoms with Crippen molar-refractivity contribution >= 4 is 28.2 Å². The normalized spacial score (nSPS) is 22.6. The molecule has 1 aliphatic rings. The number of aliphatic hydroxyl groups is 2. The number of ether oxygens (including phenoxy) is 1. The van der Waals surface area contributed by atoms with Crippen LogP contribution in [0.15, 0.2) is 24.3 Å². The Morgan fingerprint density at radius 2 is 2.04 bits per heavy atom. The number of aromatic nitrogens is 2. The molecule has 1 aromatic heterocycles. The minimum atomic E-state index is -0.734. The lowest BCUT2D eigenvalue weighted by molar-refractivity contribution is -0.0227. The van der Waals surface area contributed by atoms with Crippen molar-refractivity contribution in [1.29, 1.82) is 0 Å². The van der Waals surface area contributed by atoms with Crippen LogP contribution in [0.1, 0.15) is 42.9 Å². The topological polar surface area (TPSA) is 117 Å². The lowest BCUT2D eigenvalue weighted by Gasteiger charge is -2.09. The van der Waals surface area contributed by atoms with Crippen LogP contribution < -0.4 is 10.6 Å². The predicted octanol–water partition coefficient (Wildman–Crippen LogP) is 2.49. The number of aliphatic hydroxyl groups excluding tert-OH is 2. The average Bonchev–Trinajstić information content (AvgIpc) is 3.21. The molecule has 1 saturated heterocycles. The lowest BCUT2D eigenvalue weighted by Crippen LogP contribution is -2.24. The molecule has 0 bridgehead atoms. The van der Waals surface area contributed by atoms with E-state index in [-0.39, 0.29) is 6.61 Å². The molecule has 140 valence electrons.